The largest absolute Gasteiger partial charge is 0.437 e. The molecular formula is C12H10ClN3OS. The first-order valence-electron chi connectivity index (χ1n) is 5.36. The van der Waals surface area contributed by atoms with E-state index in [1.807, 2.05) is 16.0 Å². The molecule has 2 aromatic heterocycles. The maximum absolute atomic E-state index is 5.83. The van der Waals surface area contributed by atoms with Crippen LogP contribution in [0.15, 0.2) is 35.8 Å². The number of rotatable bonds is 3. The van der Waals surface area contributed by atoms with Crippen molar-refractivity contribution in [2.24, 2.45) is 5.73 Å². The van der Waals surface area contributed by atoms with Crippen molar-refractivity contribution in [2.45, 2.75) is 6.54 Å². The second kappa shape index (κ2) is 4.61. The monoisotopic (exact) mass is 279 g/mol. The molecule has 92 valence electrons. The van der Waals surface area contributed by atoms with Gasteiger partial charge in [-0.15, -0.1) is 11.3 Å². The smallest absolute Gasteiger partial charge is 0.243 e. The van der Waals surface area contributed by atoms with Gasteiger partial charge in [0.25, 0.3) is 0 Å². The van der Waals surface area contributed by atoms with Crippen molar-refractivity contribution in [1.82, 2.24) is 9.38 Å². The Morgan fingerprint density at radius 2 is 2.11 bits per heavy atom. The molecule has 0 unspecified atom stereocenters. The number of ether oxygens (including phenoxy) is 1. The predicted octanol–water partition coefficient (Wildman–Crippen LogP) is 3.30. The lowest BCUT2D eigenvalue weighted by Crippen LogP contribution is -2.01. The molecule has 0 bridgehead atoms. The van der Waals surface area contributed by atoms with Gasteiger partial charge >= 0.3 is 0 Å². The number of thiazole rings is 1. The molecule has 3 aromatic rings. The molecule has 0 spiro atoms. The number of hydrogen-bond acceptors (Lipinski definition) is 4. The second-order valence-corrected chi connectivity index (χ2v) is 4.99. The molecular weight excluding hydrogens is 270 g/mol. The summed E-state index contributed by atoms with van der Waals surface area (Å²) in [4.78, 5) is 5.28. The summed E-state index contributed by atoms with van der Waals surface area (Å²) in [5, 5.41) is 2.64. The number of fused-ring (bicyclic) bond motifs is 1. The van der Waals surface area contributed by atoms with Crippen molar-refractivity contribution >= 4 is 27.9 Å². The Balaban J connectivity index is 1.98. The van der Waals surface area contributed by atoms with Crippen LogP contribution in [0, 0.1) is 0 Å². The van der Waals surface area contributed by atoms with Crippen LogP contribution >= 0.6 is 22.9 Å². The Morgan fingerprint density at radius 3 is 2.83 bits per heavy atom. The SMILES string of the molecule is NCc1c(Oc2ccc(Cl)cc2)nc2sccn12. The molecule has 0 radical (unpaired) electrons. The molecule has 2 heterocycles. The van der Waals surface area contributed by atoms with Crippen LogP contribution in [0.2, 0.25) is 5.02 Å². The fourth-order valence-electron chi connectivity index (χ4n) is 1.69. The van der Waals surface area contributed by atoms with E-state index in [0.717, 1.165) is 10.7 Å². The van der Waals surface area contributed by atoms with E-state index in [0.29, 0.717) is 23.2 Å². The van der Waals surface area contributed by atoms with Crippen molar-refractivity contribution in [2.75, 3.05) is 0 Å². The lowest BCUT2D eigenvalue weighted by atomic mass is 10.3. The number of benzene rings is 1. The number of nitrogens with two attached hydrogens (primary N) is 1. The van der Waals surface area contributed by atoms with Gasteiger partial charge in [0.2, 0.25) is 5.88 Å². The van der Waals surface area contributed by atoms with Gasteiger partial charge in [-0.3, -0.25) is 4.40 Å². The van der Waals surface area contributed by atoms with Crippen molar-refractivity contribution < 1.29 is 4.74 Å². The molecule has 2 N–H and O–H groups in total. The predicted molar refractivity (Wildman–Crippen MR) is 72.5 cm³/mol. The summed E-state index contributed by atoms with van der Waals surface area (Å²) in [5.41, 5.74) is 6.60. The molecule has 0 saturated heterocycles. The number of imidazole rings is 1. The van der Waals surface area contributed by atoms with E-state index in [9.17, 15) is 0 Å². The minimum atomic E-state index is 0.376. The van der Waals surface area contributed by atoms with Gasteiger partial charge in [0, 0.05) is 23.1 Å². The van der Waals surface area contributed by atoms with Gasteiger partial charge < -0.3 is 10.5 Å². The van der Waals surface area contributed by atoms with Crippen LogP contribution in [-0.4, -0.2) is 9.38 Å². The summed E-state index contributed by atoms with van der Waals surface area (Å²) in [6.45, 7) is 0.376. The molecule has 0 atom stereocenters. The molecule has 3 rings (SSSR count). The van der Waals surface area contributed by atoms with Crippen LogP contribution in [0.5, 0.6) is 11.6 Å². The van der Waals surface area contributed by atoms with E-state index in [1.54, 1.807) is 35.6 Å². The van der Waals surface area contributed by atoms with Crippen molar-refractivity contribution in [3.8, 4) is 11.6 Å². The quantitative estimate of drug-likeness (QED) is 0.800. The van der Waals surface area contributed by atoms with Gasteiger partial charge in [-0.05, 0) is 24.3 Å². The molecule has 6 heteroatoms. The fourth-order valence-corrected chi connectivity index (χ4v) is 2.54. The topological polar surface area (TPSA) is 52.5 Å². The molecule has 0 aliphatic rings. The summed E-state index contributed by atoms with van der Waals surface area (Å²) in [6.07, 6.45) is 1.93. The Bertz CT molecular complexity index is 674. The van der Waals surface area contributed by atoms with Crippen LogP contribution in [-0.2, 0) is 6.54 Å². The van der Waals surface area contributed by atoms with Crippen LogP contribution in [0.3, 0.4) is 0 Å². The van der Waals surface area contributed by atoms with E-state index in [1.165, 1.54) is 0 Å². The van der Waals surface area contributed by atoms with Gasteiger partial charge in [0.05, 0.1) is 0 Å². The zero-order chi connectivity index (χ0) is 12.5. The van der Waals surface area contributed by atoms with E-state index in [2.05, 4.69) is 4.98 Å². The lowest BCUT2D eigenvalue weighted by molar-refractivity contribution is 0.459. The van der Waals surface area contributed by atoms with Crippen molar-refractivity contribution in [1.29, 1.82) is 0 Å². The van der Waals surface area contributed by atoms with Gasteiger partial charge in [-0.2, -0.15) is 4.98 Å². The summed E-state index contributed by atoms with van der Waals surface area (Å²) in [6, 6.07) is 7.15. The third-order valence-corrected chi connectivity index (χ3v) is 3.55. The fraction of sp³-hybridized carbons (Fsp3) is 0.0833. The maximum Gasteiger partial charge on any atom is 0.243 e. The first-order valence-corrected chi connectivity index (χ1v) is 6.61. The highest BCUT2D eigenvalue weighted by Crippen LogP contribution is 2.28. The number of aromatic nitrogens is 2. The molecule has 0 saturated carbocycles. The Labute approximate surface area is 113 Å². The first-order chi connectivity index (χ1) is 8.78. The van der Waals surface area contributed by atoms with Gasteiger partial charge in [-0.1, -0.05) is 11.6 Å². The van der Waals surface area contributed by atoms with Gasteiger partial charge in [-0.25, -0.2) is 0 Å². The van der Waals surface area contributed by atoms with Crippen molar-refractivity contribution in [3.05, 3.63) is 46.6 Å². The standard InChI is InChI=1S/C12H10ClN3OS/c13-8-1-3-9(4-2-8)17-11-10(7-14)16-5-6-18-12(16)15-11/h1-6H,7,14H2. The summed E-state index contributed by atoms with van der Waals surface area (Å²) >= 11 is 7.37. The highest BCUT2D eigenvalue weighted by atomic mass is 35.5. The van der Waals surface area contributed by atoms with E-state index >= 15 is 0 Å². The van der Waals surface area contributed by atoms with Crippen LogP contribution in [0.25, 0.3) is 4.96 Å². The van der Waals surface area contributed by atoms with E-state index in [-0.39, 0.29) is 0 Å². The molecule has 0 amide bonds. The average Bonchev–Trinajstić information content (AvgIpc) is 2.92. The first kappa shape index (κ1) is 11.5. The second-order valence-electron chi connectivity index (χ2n) is 3.68. The summed E-state index contributed by atoms with van der Waals surface area (Å²) in [5.74, 6) is 1.24. The zero-order valence-electron chi connectivity index (χ0n) is 9.34. The Kier molecular flexibility index (Phi) is 2.95. The number of nitrogens with zero attached hydrogens (tertiary/aromatic N) is 2. The van der Waals surface area contributed by atoms with Gasteiger partial charge in [0.15, 0.2) is 4.96 Å². The van der Waals surface area contributed by atoms with Gasteiger partial charge in [0.1, 0.15) is 11.4 Å². The maximum atomic E-state index is 5.83. The van der Waals surface area contributed by atoms with Crippen LogP contribution in [0.1, 0.15) is 5.69 Å². The molecule has 18 heavy (non-hydrogen) atoms. The Hall–Kier alpha value is -1.56. The third-order valence-electron chi connectivity index (χ3n) is 2.55. The Morgan fingerprint density at radius 1 is 1.33 bits per heavy atom. The number of hydrogen-bond donors (Lipinski definition) is 1. The molecule has 4 nitrogen and oxygen atoms in total. The molecule has 0 aliphatic heterocycles. The minimum absolute atomic E-state index is 0.376. The number of halogens is 1. The van der Waals surface area contributed by atoms with Crippen LogP contribution in [0.4, 0.5) is 0 Å². The minimum Gasteiger partial charge on any atom is -0.437 e. The summed E-state index contributed by atoms with van der Waals surface area (Å²) in [7, 11) is 0. The highest BCUT2D eigenvalue weighted by molar-refractivity contribution is 7.15. The molecule has 0 fully saturated rings. The highest BCUT2D eigenvalue weighted by Gasteiger charge is 2.13. The van der Waals surface area contributed by atoms with Crippen LogP contribution < -0.4 is 10.5 Å². The summed E-state index contributed by atoms with van der Waals surface area (Å²) < 4.78 is 7.68. The average molecular weight is 280 g/mol. The molecule has 1 aromatic carbocycles. The van der Waals surface area contributed by atoms with Crippen molar-refractivity contribution in [3.63, 3.8) is 0 Å². The normalized spacial score (nSPS) is 11.0. The zero-order valence-corrected chi connectivity index (χ0v) is 10.9. The van der Waals surface area contributed by atoms with E-state index in [4.69, 9.17) is 22.1 Å². The van der Waals surface area contributed by atoms with E-state index < -0.39 is 0 Å². The molecule has 0 aliphatic carbocycles. The third kappa shape index (κ3) is 1.96. The lowest BCUT2D eigenvalue weighted by Gasteiger charge is -2.04.